The predicted molar refractivity (Wildman–Crippen MR) is 106 cm³/mol. The van der Waals surface area contributed by atoms with Gasteiger partial charge in [0.1, 0.15) is 12.7 Å². The van der Waals surface area contributed by atoms with Gasteiger partial charge in [0.25, 0.3) is 0 Å². The summed E-state index contributed by atoms with van der Waals surface area (Å²) in [6, 6.07) is 0. The molecule has 154 valence electrons. The van der Waals surface area contributed by atoms with E-state index in [4.69, 9.17) is 9.47 Å². The topological polar surface area (TPSA) is 55.8 Å². The third-order valence-electron chi connectivity index (χ3n) is 4.76. The van der Waals surface area contributed by atoms with Gasteiger partial charge >= 0.3 is 11.9 Å². The Hall–Kier alpha value is -1.10. The highest BCUT2D eigenvalue weighted by atomic mass is 16.6. The molecule has 5 heteroatoms. The average Bonchev–Trinajstić information content (AvgIpc) is 2.59. The Morgan fingerprint density at radius 2 is 1.58 bits per heavy atom. The van der Waals surface area contributed by atoms with Crippen molar-refractivity contribution < 1.29 is 19.1 Å². The smallest absolute Gasteiger partial charge is 0.309 e. The van der Waals surface area contributed by atoms with Gasteiger partial charge in [-0.15, -0.1) is 0 Å². The summed E-state index contributed by atoms with van der Waals surface area (Å²) in [6.07, 6.45) is 8.11. The standard InChI is InChI=1S/C21H41NO4/c1-7-9-11-13-19(12-10-8-2)20(16-25-18(4)23)26-21(24)17(3)14-15-22(5)6/h17,19-20H,7-16H2,1-6H3. The van der Waals surface area contributed by atoms with E-state index in [0.717, 1.165) is 51.5 Å². The van der Waals surface area contributed by atoms with Crippen molar-refractivity contribution in [3.05, 3.63) is 0 Å². The molecule has 26 heavy (non-hydrogen) atoms. The summed E-state index contributed by atoms with van der Waals surface area (Å²) in [4.78, 5) is 25.9. The van der Waals surface area contributed by atoms with E-state index < -0.39 is 0 Å². The van der Waals surface area contributed by atoms with Crippen LogP contribution >= 0.6 is 0 Å². The normalized spacial score (nSPS) is 14.7. The number of rotatable bonds is 15. The minimum atomic E-state index is -0.336. The van der Waals surface area contributed by atoms with Crippen LogP contribution < -0.4 is 0 Å². The lowest BCUT2D eigenvalue weighted by atomic mass is 9.90. The molecule has 0 bridgehead atoms. The molecular formula is C21H41NO4. The molecule has 0 saturated carbocycles. The summed E-state index contributed by atoms with van der Waals surface area (Å²) in [7, 11) is 3.99. The molecule has 0 spiro atoms. The molecule has 3 atom stereocenters. The Labute approximate surface area is 160 Å². The van der Waals surface area contributed by atoms with Gasteiger partial charge in [-0.05, 0) is 45.8 Å². The van der Waals surface area contributed by atoms with Crippen LogP contribution in [0.25, 0.3) is 0 Å². The van der Waals surface area contributed by atoms with E-state index in [1.807, 2.05) is 21.0 Å². The number of esters is 2. The first-order chi connectivity index (χ1) is 12.3. The predicted octanol–water partition coefficient (Wildman–Crippen LogP) is 4.44. The molecule has 0 aromatic carbocycles. The quantitative estimate of drug-likeness (QED) is 0.315. The van der Waals surface area contributed by atoms with Gasteiger partial charge in [0, 0.05) is 6.92 Å². The lowest BCUT2D eigenvalue weighted by Gasteiger charge is -2.28. The summed E-state index contributed by atoms with van der Waals surface area (Å²) in [6.45, 7) is 8.68. The van der Waals surface area contributed by atoms with Crippen molar-refractivity contribution in [2.45, 2.75) is 85.2 Å². The van der Waals surface area contributed by atoms with Crippen molar-refractivity contribution in [2.24, 2.45) is 11.8 Å². The maximum absolute atomic E-state index is 12.5. The second-order valence-corrected chi connectivity index (χ2v) is 7.67. The highest BCUT2D eigenvalue weighted by Gasteiger charge is 2.28. The van der Waals surface area contributed by atoms with Crippen molar-refractivity contribution >= 4 is 11.9 Å². The molecule has 0 aromatic heterocycles. The Balaban J connectivity index is 4.92. The monoisotopic (exact) mass is 371 g/mol. The molecule has 0 N–H and O–H groups in total. The number of ether oxygens (including phenoxy) is 2. The summed E-state index contributed by atoms with van der Waals surface area (Å²) in [5.74, 6) is -0.402. The molecule has 0 heterocycles. The van der Waals surface area contributed by atoms with E-state index in [1.165, 1.54) is 13.3 Å². The molecular weight excluding hydrogens is 330 g/mol. The third-order valence-corrected chi connectivity index (χ3v) is 4.76. The average molecular weight is 372 g/mol. The molecule has 0 radical (unpaired) electrons. The van der Waals surface area contributed by atoms with Crippen LogP contribution in [-0.2, 0) is 19.1 Å². The van der Waals surface area contributed by atoms with Crippen molar-refractivity contribution in [3.8, 4) is 0 Å². The highest BCUT2D eigenvalue weighted by Crippen LogP contribution is 2.24. The molecule has 0 rings (SSSR count). The fourth-order valence-electron chi connectivity index (χ4n) is 2.94. The fourth-order valence-corrected chi connectivity index (χ4v) is 2.94. The fraction of sp³-hybridized carbons (Fsp3) is 0.905. The molecule has 0 saturated heterocycles. The SMILES string of the molecule is CCCCCC(CCCC)C(COC(C)=O)OC(=O)C(C)CCN(C)C. The zero-order valence-electron chi connectivity index (χ0n) is 17.9. The first kappa shape index (κ1) is 24.9. The number of hydrogen-bond acceptors (Lipinski definition) is 5. The summed E-state index contributed by atoms with van der Waals surface area (Å²) in [5.41, 5.74) is 0. The highest BCUT2D eigenvalue weighted by molar-refractivity contribution is 5.72. The van der Waals surface area contributed by atoms with Crippen LogP contribution in [0.4, 0.5) is 0 Å². The molecule has 0 aliphatic heterocycles. The van der Waals surface area contributed by atoms with Gasteiger partial charge in [-0.3, -0.25) is 9.59 Å². The summed E-state index contributed by atoms with van der Waals surface area (Å²) in [5, 5.41) is 0. The zero-order valence-corrected chi connectivity index (χ0v) is 17.9. The number of unbranched alkanes of at least 4 members (excludes halogenated alkanes) is 3. The molecule has 0 aliphatic carbocycles. The van der Waals surface area contributed by atoms with E-state index in [1.54, 1.807) is 0 Å². The molecule has 3 unspecified atom stereocenters. The van der Waals surface area contributed by atoms with E-state index in [9.17, 15) is 9.59 Å². The van der Waals surface area contributed by atoms with Gasteiger partial charge < -0.3 is 14.4 Å². The number of hydrogen-bond donors (Lipinski definition) is 0. The molecule has 0 aliphatic rings. The second kappa shape index (κ2) is 15.0. The van der Waals surface area contributed by atoms with Crippen LogP contribution in [0.5, 0.6) is 0 Å². The van der Waals surface area contributed by atoms with Gasteiger partial charge in [0.05, 0.1) is 5.92 Å². The summed E-state index contributed by atoms with van der Waals surface area (Å²) >= 11 is 0. The Morgan fingerprint density at radius 1 is 0.962 bits per heavy atom. The van der Waals surface area contributed by atoms with Gasteiger partial charge in [0.15, 0.2) is 0 Å². The van der Waals surface area contributed by atoms with Crippen LogP contribution in [0.15, 0.2) is 0 Å². The van der Waals surface area contributed by atoms with Crippen molar-refractivity contribution in [2.75, 3.05) is 27.2 Å². The number of nitrogens with zero attached hydrogens (tertiary/aromatic N) is 1. The van der Waals surface area contributed by atoms with Crippen LogP contribution in [-0.4, -0.2) is 50.2 Å². The minimum absolute atomic E-state index is 0.153. The first-order valence-corrected chi connectivity index (χ1v) is 10.3. The van der Waals surface area contributed by atoms with Gasteiger partial charge in [0.2, 0.25) is 0 Å². The van der Waals surface area contributed by atoms with Gasteiger partial charge in [-0.25, -0.2) is 0 Å². The molecule has 0 amide bonds. The summed E-state index contributed by atoms with van der Waals surface area (Å²) < 4.78 is 11.1. The van der Waals surface area contributed by atoms with Gasteiger partial charge in [-0.2, -0.15) is 0 Å². The van der Waals surface area contributed by atoms with Gasteiger partial charge in [-0.1, -0.05) is 52.9 Å². The van der Waals surface area contributed by atoms with E-state index in [2.05, 4.69) is 18.7 Å². The Kier molecular flexibility index (Phi) is 14.4. The van der Waals surface area contributed by atoms with E-state index >= 15 is 0 Å². The largest absolute Gasteiger partial charge is 0.462 e. The van der Waals surface area contributed by atoms with E-state index in [-0.39, 0.29) is 36.5 Å². The lowest BCUT2D eigenvalue weighted by molar-refractivity contribution is -0.165. The van der Waals surface area contributed by atoms with Crippen LogP contribution in [0, 0.1) is 11.8 Å². The zero-order chi connectivity index (χ0) is 19.9. The van der Waals surface area contributed by atoms with Crippen LogP contribution in [0.1, 0.15) is 79.1 Å². The van der Waals surface area contributed by atoms with Crippen LogP contribution in [0.3, 0.4) is 0 Å². The molecule has 0 aromatic rings. The van der Waals surface area contributed by atoms with Crippen molar-refractivity contribution in [1.29, 1.82) is 0 Å². The molecule has 0 fully saturated rings. The number of carbonyl (C=O) groups is 2. The Morgan fingerprint density at radius 3 is 2.12 bits per heavy atom. The van der Waals surface area contributed by atoms with Crippen LogP contribution in [0.2, 0.25) is 0 Å². The minimum Gasteiger partial charge on any atom is -0.462 e. The molecule has 5 nitrogen and oxygen atoms in total. The Bertz CT molecular complexity index is 384. The lowest BCUT2D eigenvalue weighted by Crippen LogP contribution is -2.34. The maximum Gasteiger partial charge on any atom is 0.309 e. The van der Waals surface area contributed by atoms with Crippen molar-refractivity contribution in [3.63, 3.8) is 0 Å². The first-order valence-electron chi connectivity index (χ1n) is 10.3. The van der Waals surface area contributed by atoms with E-state index in [0.29, 0.717) is 0 Å². The van der Waals surface area contributed by atoms with Crippen molar-refractivity contribution in [1.82, 2.24) is 4.90 Å². The maximum atomic E-state index is 12.5. The number of carbonyl (C=O) groups excluding carboxylic acids is 2. The second-order valence-electron chi connectivity index (χ2n) is 7.67. The third kappa shape index (κ3) is 12.3.